The van der Waals surface area contributed by atoms with Crippen LogP contribution in [0.1, 0.15) is 6.92 Å². The van der Waals surface area contributed by atoms with Crippen molar-refractivity contribution in [2.45, 2.75) is 6.92 Å². The second kappa shape index (κ2) is 7.62. The lowest BCUT2D eigenvalue weighted by molar-refractivity contribution is -0.145. The van der Waals surface area contributed by atoms with E-state index in [9.17, 15) is 4.79 Å². The lowest BCUT2D eigenvalue weighted by Gasteiger charge is -2.25. The van der Waals surface area contributed by atoms with Crippen LogP contribution in [0.3, 0.4) is 0 Å². The summed E-state index contributed by atoms with van der Waals surface area (Å²) in [5.41, 5.74) is 0. The van der Waals surface area contributed by atoms with Crippen molar-refractivity contribution in [1.82, 2.24) is 10.2 Å². The summed E-state index contributed by atoms with van der Waals surface area (Å²) in [7, 11) is 0. The fourth-order valence-corrected chi connectivity index (χ4v) is 1.40. The highest BCUT2D eigenvalue weighted by atomic mass is 16.5. The van der Waals surface area contributed by atoms with Crippen LogP contribution < -0.4 is 5.32 Å². The van der Waals surface area contributed by atoms with Crippen molar-refractivity contribution in [2.75, 3.05) is 52.5 Å². The topological polar surface area (TPSA) is 50.8 Å². The molecule has 1 N–H and O–H groups in total. The molecule has 0 unspecified atom stereocenters. The Labute approximate surface area is 90.7 Å². The number of carbonyl (C=O) groups is 1. The minimum absolute atomic E-state index is 0.144. The van der Waals surface area contributed by atoms with Gasteiger partial charge in [0, 0.05) is 19.6 Å². The van der Waals surface area contributed by atoms with Crippen molar-refractivity contribution >= 4 is 5.97 Å². The number of nitrogens with one attached hydrogen (secondary N) is 1. The van der Waals surface area contributed by atoms with Gasteiger partial charge in [-0.1, -0.05) is 6.92 Å². The SMILES string of the molecule is CCNCCOC(=O)CN1CCOCC1. The van der Waals surface area contributed by atoms with E-state index in [1.54, 1.807) is 0 Å². The van der Waals surface area contributed by atoms with Gasteiger partial charge in [-0.3, -0.25) is 9.69 Å². The maximum atomic E-state index is 11.3. The van der Waals surface area contributed by atoms with E-state index in [0.717, 1.165) is 26.2 Å². The molecular weight excluding hydrogens is 196 g/mol. The monoisotopic (exact) mass is 216 g/mol. The predicted octanol–water partition coefficient (Wildman–Crippen LogP) is -0.529. The van der Waals surface area contributed by atoms with E-state index >= 15 is 0 Å². The van der Waals surface area contributed by atoms with Gasteiger partial charge < -0.3 is 14.8 Å². The van der Waals surface area contributed by atoms with Gasteiger partial charge in [0.25, 0.3) is 0 Å². The molecule has 0 aromatic rings. The Kier molecular flexibility index (Phi) is 6.31. The van der Waals surface area contributed by atoms with Gasteiger partial charge in [0.15, 0.2) is 0 Å². The van der Waals surface area contributed by atoms with Gasteiger partial charge in [0.1, 0.15) is 6.61 Å². The van der Waals surface area contributed by atoms with E-state index in [1.165, 1.54) is 0 Å². The highest BCUT2D eigenvalue weighted by Crippen LogP contribution is 1.96. The molecule has 88 valence electrons. The third-order valence-corrected chi connectivity index (χ3v) is 2.25. The molecule has 1 saturated heterocycles. The van der Waals surface area contributed by atoms with Crippen molar-refractivity contribution in [3.8, 4) is 0 Å². The molecule has 0 aromatic heterocycles. The number of esters is 1. The fraction of sp³-hybridized carbons (Fsp3) is 0.900. The Bertz CT molecular complexity index is 182. The maximum Gasteiger partial charge on any atom is 0.320 e. The molecule has 0 aromatic carbocycles. The first-order valence-electron chi connectivity index (χ1n) is 5.49. The van der Waals surface area contributed by atoms with Crippen molar-refractivity contribution in [3.63, 3.8) is 0 Å². The van der Waals surface area contributed by atoms with E-state index in [2.05, 4.69) is 10.2 Å². The lowest BCUT2D eigenvalue weighted by atomic mass is 10.4. The molecule has 0 radical (unpaired) electrons. The molecular formula is C10H20N2O3. The normalized spacial score (nSPS) is 17.7. The molecule has 5 nitrogen and oxygen atoms in total. The van der Waals surface area contributed by atoms with Crippen LogP contribution in [0.4, 0.5) is 0 Å². The average molecular weight is 216 g/mol. The molecule has 0 atom stereocenters. The lowest BCUT2D eigenvalue weighted by Crippen LogP contribution is -2.40. The molecule has 0 aliphatic carbocycles. The average Bonchev–Trinajstić information content (AvgIpc) is 2.26. The zero-order valence-corrected chi connectivity index (χ0v) is 9.33. The Hall–Kier alpha value is -0.650. The number of carbonyl (C=O) groups excluding carboxylic acids is 1. The molecule has 1 aliphatic rings. The van der Waals surface area contributed by atoms with Crippen molar-refractivity contribution < 1.29 is 14.3 Å². The summed E-state index contributed by atoms with van der Waals surface area (Å²) in [6.45, 7) is 7.56. The van der Waals surface area contributed by atoms with Gasteiger partial charge in [-0.2, -0.15) is 0 Å². The van der Waals surface area contributed by atoms with Crippen LogP contribution in [-0.4, -0.2) is 63.4 Å². The number of nitrogens with zero attached hydrogens (tertiary/aromatic N) is 1. The van der Waals surface area contributed by atoms with Crippen LogP contribution in [0, 0.1) is 0 Å². The highest BCUT2D eigenvalue weighted by Gasteiger charge is 2.14. The van der Waals surface area contributed by atoms with Gasteiger partial charge in [-0.15, -0.1) is 0 Å². The summed E-state index contributed by atoms with van der Waals surface area (Å²) in [5.74, 6) is -0.144. The van der Waals surface area contributed by atoms with Gasteiger partial charge in [-0.05, 0) is 6.54 Å². The Morgan fingerprint density at radius 3 is 2.87 bits per heavy atom. The largest absolute Gasteiger partial charge is 0.463 e. The van der Waals surface area contributed by atoms with Crippen LogP contribution in [0.5, 0.6) is 0 Å². The van der Waals surface area contributed by atoms with Crippen molar-refractivity contribution in [3.05, 3.63) is 0 Å². The standard InChI is InChI=1S/C10H20N2O3/c1-2-11-3-6-15-10(13)9-12-4-7-14-8-5-12/h11H,2-9H2,1H3. The number of rotatable bonds is 6. The number of morpholine rings is 1. The molecule has 0 saturated carbocycles. The first-order valence-corrected chi connectivity index (χ1v) is 5.49. The molecule has 1 heterocycles. The van der Waals surface area contributed by atoms with Crippen LogP contribution >= 0.6 is 0 Å². The fourth-order valence-electron chi connectivity index (χ4n) is 1.40. The minimum Gasteiger partial charge on any atom is -0.463 e. The van der Waals surface area contributed by atoms with Crippen molar-refractivity contribution in [2.24, 2.45) is 0 Å². The van der Waals surface area contributed by atoms with Gasteiger partial charge in [-0.25, -0.2) is 0 Å². The molecule has 5 heteroatoms. The molecule has 1 fully saturated rings. The second-order valence-electron chi connectivity index (χ2n) is 3.46. The van der Waals surface area contributed by atoms with E-state index < -0.39 is 0 Å². The number of ether oxygens (including phenoxy) is 2. The summed E-state index contributed by atoms with van der Waals surface area (Å²) in [6, 6.07) is 0. The summed E-state index contributed by atoms with van der Waals surface area (Å²) in [5, 5.41) is 3.10. The Balaban J connectivity index is 2.01. The second-order valence-corrected chi connectivity index (χ2v) is 3.46. The Morgan fingerprint density at radius 2 is 2.20 bits per heavy atom. The molecule has 15 heavy (non-hydrogen) atoms. The van der Waals surface area contributed by atoms with Gasteiger partial charge >= 0.3 is 5.97 Å². The van der Waals surface area contributed by atoms with Crippen LogP contribution in [0.25, 0.3) is 0 Å². The van der Waals surface area contributed by atoms with Crippen LogP contribution in [-0.2, 0) is 14.3 Å². The third-order valence-electron chi connectivity index (χ3n) is 2.25. The molecule has 1 aliphatic heterocycles. The first-order chi connectivity index (χ1) is 7.33. The quantitative estimate of drug-likeness (QED) is 0.478. The summed E-state index contributed by atoms with van der Waals surface area (Å²) in [4.78, 5) is 13.4. The molecule has 0 spiro atoms. The summed E-state index contributed by atoms with van der Waals surface area (Å²) in [6.07, 6.45) is 0. The van der Waals surface area contributed by atoms with E-state index in [1.807, 2.05) is 6.92 Å². The Morgan fingerprint density at radius 1 is 1.47 bits per heavy atom. The van der Waals surface area contributed by atoms with E-state index in [-0.39, 0.29) is 5.97 Å². The third kappa shape index (κ3) is 5.71. The van der Waals surface area contributed by atoms with E-state index in [0.29, 0.717) is 26.4 Å². The minimum atomic E-state index is -0.144. The zero-order chi connectivity index (χ0) is 10.9. The number of likely N-dealkylation sites (N-methyl/N-ethyl adjacent to an activating group) is 1. The molecule has 0 bridgehead atoms. The molecule has 0 amide bonds. The van der Waals surface area contributed by atoms with Crippen LogP contribution in [0.15, 0.2) is 0 Å². The first kappa shape index (κ1) is 12.4. The number of hydrogen-bond donors (Lipinski definition) is 1. The van der Waals surface area contributed by atoms with Crippen LogP contribution in [0.2, 0.25) is 0 Å². The highest BCUT2D eigenvalue weighted by molar-refractivity contribution is 5.71. The maximum absolute atomic E-state index is 11.3. The van der Waals surface area contributed by atoms with Gasteiger partial charge in [0.05, 0.1) is 19.8 Å². The number of hydrogen-bond acceptors (Lipinski definition) is 5. The van der Waals surface area contributed by atoms with Crippen molar-refractivity contribution in [1.29, 1.82) is 0 Å². The zero-order valence-electron chi connectivity index (χ0n) is 9.33. The summed E-state index contributed by atoms with van der Waals surface area (Å²) >= 11 is 0. The molecule has 1 rings (SSSR count). The predicted molar refractivity (Wildman–Crippen MR) is 56.8 cm³/mol. The van der Waals surface area contributed by atoms with Gasteiger partial charge in [0.2, 0.25) is 0 Å². The summed E-state index contributed by atoms with van der Waals surface area (Å²) < 4.78 is 10.3. The smallest absolute Gasteiger partial charge is 0.320 e. The van der Waals surface area contributed by atoms with E-state index in [4.69, 9.17) is 9.47 Å².